The van der Waals surface area contributed by atoms with Gasteiger partial charge in [-0.2, -0.15) is 0 Å². The van der Waals surface area contributed by atoms with Crippen LogP contribution in [0.3, 0.4) is 0 Å². The summed E-state index contributed by atoms with van der Waals surface area (Å²) in [5.41, 5.74) is 0.593. The Morgan fingerprint density at radius 3 is 2.82 bits per heavy atom. The second-order valence-corrected chi connectivity index (χ2v) is 2.10. The van der Waals surface area contributed by atoms with E-state index in [-0.39, 0.29) is 18.8 Å². The minimum atomic E-state index is -0.848. The van der Waals surface area contributed by atoms with Crippen molar-refractivity contribution in [1.29, 1.82) is 0 Å². The third-order valence-corrected chi connectivity index (χ3v) is 1.09. The minimum absolute atomic E-state index is 0. The highest BCUT2D eigenvalue weighted by atomic mass is 35.5. The smallest absolute Gasteiger partial charge is 0.309 e. The third-order valence-electron chi connectivity index (χ3n) is 1.09. The molecule has 1 aromatic heterocycles. The molecule has 0 fully saturated rings. The summed E-state index contributed by atoms with van der Waals surface area (Å²) >= 11 is 0. The second kappa shape index (κ2) is 3.98. The number of carbonyl (C=O) groups is 1. The van der Waals surface area contributed by atoms with Crippen LogP contribution in [0.5, 0.6) is 0 Å². The fourth-order valence-electron chi connectivity index (χ4n) is 0.713. The Balaban J connectivity index is 0.000001000. The van der Waals surface area contributed by atoms with E-state index in [1.807, 2.05) is 0 Å². The van der Waals surface area contributed by atoms with Crippen molar-refractivity contribution >= 4 is 18.4 Å². The van der Waals surface area contributed by atoms with Gasteiger partial charge in [0, 0.05) is 13.2 Å². The largest absolute Gasteiger partial charge is 0.481 e. The lowest BCUT2D eigenvalue weighted by Crippen LogP contribution is -1.99. The Hall–Kier alpha value is -1.03. The summed E-state index contributed by atoms with van der Waals surface area (Å²) in [5, 5.41) is 8.33. The van der Waals surface area contributed by atoms with Crippen LogP contribution < -0.4 is 0 Å². The first-order valence-electron chi connectivity index (χ1n) is 2.87. The third kappa shape index (κ3) is 3.04. The van der Waals surface area contributed by atoms with E-state index in [2.05, 4.69) is 4.98 Å². The summed E-state index contributed by atoms with van der Waals surface area (Å²) in [6.45, 7) is 0. The average Bonchev–Trinajstić information content (AvgIpc) is 2.13. The molecular formula is C6H9ClN2O2. The van der Waals surface area contributed by atoms with Crippen molar-refractivity contribution in [2.24, 2.45) is 7.05 Å². The summed E-state index contributed by atoms with van der Waals surface area (Å²) in [7, 11) is 1.80. The second-order valence-electron chi connectivity index (χ2n) is 2.10. The van der Waals surface area contributed by atoms with Gasteiger partial charge in [0.15, 0.2) is 0 Å². The zero-order valence-corrected chi connectivity index (χ0v) is 6.84. The Morgan fingerprint density at radius 1 is 1.82 bits per heavy atom. The van der Waals surface area contributed by atoms with Crippen LogP contribution in [0.4, 0.5) is 0 Å². The molecule has 0 aromatic carbocycles. The van der Waals surface area contributed by atoms with Crippen LogP contribution in [0.25, 0.3) is 0 Å². The Kier molecular flexibility index (Phi) is 3.60. The lowest BCUT2D eigenvalue weighted by atomic mass is 10.3. The van der Waals surface area contributed by atoms with Gasteiger partial charge >= 0.3 is 5.97 Å². The molecule has 0 radical (unpaired) electrons. The highest BCUT2D eigenvalue weighted by Gasteiger charge is 2.01. The van der Waals surface area contributed by atoms with E-state index in [1.165, 1.54) is 0 Å². The lowest BCUT2D eigenvalue weighted by Gasteiger charge is -1.85. The van der Waals surface area contributed by atoms with E-state index in [9.17, 15) is 4.79 Å². The van der Waals surface area contributed by atoms with Gasteiger partial charge in [0.25, 0.3) is 0 Å². The predicted molar refractivity (Wildman–Crippen MR) is 41.8 cm³/mol. The summed E-state index contributed by atoms with van der Waals surface area (Å²) in [6.07, 6.45) is 3.27. The van der Waals surface area contributed by atoms with Gasteiger partial charge in [-0.15, -0.1) is 12.4 Å². The predicted octanol–water partition coefficient (Wildman–Crippen LogP) is 0.469. The molecule has 11 heavy (non-hydrogen) atoms. The van der Waals surface area contributed by atoms with E-state index >= 15 is 0 Å². The van der Waals surface area contributed by atoms with Crippen molar-refractivity contribution in [1.82, 2.24) is 9.55 Å². The molecule has 0 saturated carbocycles. The highest BCUT2D eigenvalue weighted by molar-refractivity contribution is 5.85. The monoisotopic (exact) mass is 176 g/mol. The fourth-order valence-corrected chi connectivity index (χ4v) is 0.713. The van der Waals surface area contributed by atoms with Crippen LogP contribution in [-0.2, 0) is 18.3 Å². The zero-order chi connectivity index (χ0) is 7.56. The van der Waals surface area contributed by atoms with Crippen LogP contribution in [0.1, 0.15) is 5.69 Å². The van der Waals surface area contributed by atoms with Crippen LogP contribution in [0.2, 0.25) is 0 Å². The van der Waals surface area contributed by atoms with Gasteiger partial charge in [0.2, 0.25) is 0 Å². The average molecular weight is 177 g/mol. The lowest BCUT2D eigenvalue weighted by molar-refractivity contribution is -0.136. The molecule has 1 rings (SSSR count). The van der Waals surface area contributed by atoms with E-state index in [4.69, 9.17) is 5.11 Å². The van der Waals surface area contributed by atoms with Crippen LogP contribution in [0.15, 0.2) is 12.5 Å². The number of imidazole rings is 1. The molecule has 0 atom stereocenters. The summed E-state index contributed by atoms with van der Waals surface area (Å²) in [6, 6.07) is 0. The highest BCUT2D eigenvalue weighted by Crippen LogP contribution is 1.94. The fraction of sp³-hybridized carbons (Fsp3) is 0.333. The molecule has 0 spiro atoms. The molecule has 0 saturated heterocycles. The van der Waals surface area contributed by atoms with Gasteiger partial charge in [0.05, 0.1) is 18.4 Å². The number of hydrogen-bond donors (Lipinski definition) is 1. The number of nitrogens with zero attached hydrogens (tertiary/aromatic N) is 2. The van der Waals surface area contributed by atoms with Crippen molar-refractivity contribution in [2.75, 3.05) is 0 Å². The molecule has 4 nitrogen and oxygen atoms in total. The van der Waals surface area contributed by atoms with Crippen LogP contribution >= 0.6 is 12.4 Å². The van der Waals surface area contributed by atoms with Crippen molar-refractivity contribution in [3.8, 4) is 0 Å². The standard InChI is InChI=1S/C6H8N2O2.ClH/c1-8-3-5(7-4-8)2-6(9)10;/h3-4H,2H2,1H3,(H,9,10);1H. The molecule has 1 aromatic rings. The molecule has 0 aliphatic carbocycles. The summed E-state index contributed by atoms with van der Waals surface area (Å²) in [4.78, 5) is 14.0. The molecule has 1 heterocycles. The van der Waals surface area contributed by atoms with Gasteiger partial charge in [-0.1, -0.05) is 0 Å². The van der Waals surface area contributed by atoms with Gasteiger partial charge in [0.1, 0.15) is 0 Å². The van der Waals surface area contributed by atoms with Crippen molar-refractivity contribution in [3.05, 3.63) is 18.2 Å². The molecular weight excluding hydrogens is 168 g/mol. The van der Waals surface area contributed by atoms with Crippen molar-refractivity contribution in [2.45, 2.75) is 6.42 Å². The maximum absolute atomic E-state index is 10.1. The number of halogens is 1. The van der Waals surface area contributed by atoms with Gasteiger partial charge in [-0.25, -0.2) is 4.98 Å². The van der Waals surface area contributed by atoms with Gasteiger partial charge < -0.3 is 9.67 Å². The maximum Gasteiger partial charge on any atom is 0.309 e. The molecule has 0 aliphatic rings. The topological polar surface area (TPSA) is 55.1 Å². The van der Waals surface area contributed by atoms with E-state index in [0.29, 0.717) is 5.69 Å². The maximum atomic E-state index is 10.1. The van der Waals surface area contributed by atoms with E-state index < -0.39 is 5.97 Å². The molecule has 1 N–H and O–H groups in total. The zero-order valence-electron chi connectivity index (χ0n) is 6.02. The molecule has 0 amide bonds. The number of aryl methyl sites for hydroxylation is 1. The number of carboxylic acid groups (broad SMARTS) is 1. The number of aromatic nitrogens is 2. The van der Waals surface area contributed by atoms with E-state index in [1.54, 1.807) is 24.1 Å². The number of aliphatic carboxylic acids is 1. The number of rotatable bonds is 2. The van der Waals surface area contributed by atoms with Gasteiger partial charge in [-0.05, 0) is 0 Å². The quantitative estimate of drug-likeness (QED) is 0.713. The van der Waals surface area contributed by atoms with Crippen LogP contribution in [-0.4, -0.2) is 20.6 Å². The normalized spacial score (nSPS) is 8.82. The van der Waals surface area contributed by atoms with Gasteiger partial charge in [-0.3, -0.25) is 4.79 Å². The van der Waals surface area contributed by atoms with E-state index in [0.717, 1.165) is 0 Å². The number of hydrogen-bond acceptors (Lipinski definition) is 2. The molecule has 5 heteroatoms. The minimum Gasteiger partial charge on any atom is -0.481 e. The van der Waals surface area contributed by atoms with Crippen molar-refractivity contribution in [3.63, 3.8) is 0 Å². The molecule has 62 valence electrons. The number of carboxylic acids is 1. The Bertz CT molecular complexity index is 246. The molecule has 0 unspecified atom stereocenters. The first-order valence-corrected chi connectivity index (χ1v) is 2.87. The Labute approximate surface area is 70.3 Å². The molecule has 0 aliphatic heterocycles. The summed E-state index contributed by atoms with van der Waals surface area (Å²) in [5.74, 6) is -0.848. The Morgan fingerprint density at radius 2 is 2.45 bits per heavy atom. The first-order chi connectivity index (χ1) is 4.68. The molecule has 0 bridgehead atoms. The SMILES string of the molecule is Cl.Cn1cnc(CC(=O)O)c1. The van der Waals surface area contributed by atoms with Crippen LogP contribution in [0, 0.1) is 0 Å². The van der Waals surface area contributed by atoms with Crippen molar-refractivity contribution < 1.29 is 9.90 Å². The first kappa shape index (κ1) is 9.97. The summed E-state index contributed by atoms with van der Waals surface area (Å²) < 4.78 is 1.72.